The number of carbonyl (C=O) groups is 2. The lowest BCUT2D eigenvalue weighted by atomic mass is 10.2. The summed E-state index contributed by atoms with van der Waals surface area (Å²) in [5.74, 6) is -1.17. The van der Waals surface area contributed by atoms with Crippen molar-refractivity contribution in [3.63, 3.8) is 0 Å². The Morgan fingerprint density at radius 3 is 2.36 bits per heavy atom. The predicted octanol–water partition coefficient (Wildman–Crippen LogP) is 1.20. The van der Waals surface area contributed by atoms with Gasteiger partial charge in [0.2, 0.25) is 0 Å². The third-order valence-electron chi connectivity index (χ3n) is 3.66. The first kappa shape index (κ1) is 18.3. The molecule has 1 heterocycles. The molecule has 0 fully saturated rings. The zero-order valence-corrected chi connectivity index (χ0v) is 14.5. The molecule has 1 aromatic heterocycles. The Morgan fingerprint density at radius 2 is 1.76 bits per heavy atom. The maximum atomic E-state index is 12.1. The number of aromatic nitrogens is 1. The standard InChI is InChI=1S/C18H21N3O4/c1-19(2)15-9-7-14(8-10-15)12-20(3)17(22)13-25-18(23)16-6-4-5-11-21(16)24/h4-11H,12-13H2,1-3H3. The first-order chi connectivity index (χ1) is 11.9. The fourth-order valence-corrected chi connectivity index (χ4v) is 2.16. The van der Waals surface area contributed by atoms with E-state index in [1.807, 2.05) is 43.3 Å². The number of rotatable bonds is 6. The van der Waals surface area contributed by atoms with Gasteiger partial charge in [-0.2, -0.15) is 4.73 Å². The summed E-state index contributed by atoms with van der Waals surface area (Å²) in [6.45, 7) is -0.0169. The van der Waals surface area contributed by atoms with Gasteiger partial charge in [0.15, 0.2) is 12.8 Å². The Morgan fingerprint density at radius 1 is 1.08 bits per heavy atom. The van der Waals surface area contributed by atoms with Crippen LogP contribution in [0.2, 0.25) is 0 Å². The number of nitrogens with zero attached hydrogens (tertiary/aromatic N) is 3. The maximum Gasteiger partial charge on any atom is 0.405 e. The Hall–Kier alpha value is -3.09. The third-order valence-corrected chi connectivity index (χ3v) is 3.66. The molecule has 2 aromatic rings. The van der Waals surface area contributed by atoms with Crippen molar-refractivity contribution < 1.29 is 19.1 Å². The lowest BCUT2D eigenvalue weighted by Gasteiger charge is -2.18. The maximum absolute atomic E-state index is 12.1. The van der Waals surface area contributed by atoms with Crippen LogP contribution in [0.15, 0.2) is 48.7 Å². The molecule has 0 bridgehead atoms. The highest BCUT2D eigenvalue weighted by Crippen LogP contribution is 2.13. The van der Waals surface area contributed by atoms with Crippen molar-refractivity contribution in [1.29, 1.82) is 0 Å². The van der Waals surface area contributed by atoms with Gasteiger partial charge in [0.1, 0.15) is 0 Å². The van der Waals surface area contributed by atoms with E-state index in [1.165, 1.54) is 23.2 Å². The van der Waals surface area contributed by atoms with Crippen molar-refractivity contribution >= 4 is 17.6 Å². The van der Waals surface area contributed by atoms with E-state index in [0.717, 1.165) is 11.3 Å². The molecule has 0 N–H and O–H groups in total. The quantitative estimate of drug-likeness (QED) is 0.447. The summed E-state index contributed by atoms with van der Waals surface area (Å²) in [5.41, 5.74) is 1.88. The number of anilines is 1. The molecule has 0 unspecified atom stereocenters. The van der Waals surface area contributed by atoms with Crippen molar-refractivity contribution in [2.75, 3.05) is 32.6 Å². The number of hydrogen-bond acceptors (Lipinski definition) is 5. The van der Waals surface area contributed by atoms with Gasteiger partial charge < -0.3 is 19.7 Å². The molecule has 0 radical (unpaired) electrons. The average molecular weight is 343 g/mol. The highest BCUT2D eigenvalue weighted by Gasteiger charge is 2.19. The molecule has 1 aromatic carbocycles. The van der Waals surface area contributed by atoms with Crippen molar-refractivity contribution in [1.82, 2.24) is 4.90 Å². The molecule has 0 spiro atoms. The molecule has 25 heavy (non-hydrogen) atoms. The second-order valence-electron chi connectivity index (χ2n) is 5.80. The largest absolute Gasteiger partial charge is 0.618 e. The SMILES string of the molecule is CN(Cc1ccc(N(C)C)cc1)C(=O)COC(=O)c1cccc[n+]1[O-]. The van der Waals surface area contributed by atoms with E-state index in [9.17, 15) is 14.8 Å². The molecule has 7 nitrogen and oxygen atoms in total. The normalized spacial score (nSPS) is 10.2. The Kier molecular flexibility index (Phi) is 5.94. The van der Waals surface area contributed by atoms with Gasteiger partial charge in [-0.1, -0.05) is 12.1 Å². The second kappa shape index (κ2) is 8.14. The van der Waals surface area contributed by atoms with Crippen LogP contribution in [-0.2, 0) is 16.1 Å². The van der Waals surface area contributed by atoms with E-state index in [0.29, 0.717) is 11.3 Å². The molecule has 0 aliphatic heterocycles. The van der Waals surface area contributed by atoms with Crippen molar-refractivity contribution in [3.05, 3.63) is 65.1 Å². The van der Waals surface area contributed by atoms with Gasteiger partial charge in [0.25, 0.3) is 5.91 Å². The molecule has 0 aliphatic carbocycles. The average Bonchev–Trinajstić information content (AvgIpc) is 2.60. The number of ether oxygens (including phenoxy) is 1. The van der Waals surface area contributed by atoms with E-state index in [4.69, 9.17) is 4.74 Å². The number of hydrogen-bond donors (Lipinski definition) is 0. The molecule has 0 saturated heterocycles. The summed E-state index contributed by atoms with van der Waals surface area (Å²) in [5, 5.41) is 11.5. The van der Waals surface area contributed by atoms with Gasteiger partial charge in [-0.05, 0) is 23.8 Å². The van der Waals surface area contributed by atoms with Crippen molar-refractivity contribution in [2.24, 2.45) is 0 Å². The van der Waals surface area contributed by atoms with Crippen LogP contribution >= 0.6 is 0 Å². The summed E-state index contributed by atoms with van der Waals surface area (Å²) >= 11 is 0. The number of esters is 1. The van der Waals surface area contributed by atoms with Crippen LogP contribution < -0.4 is 9.63 Å². The fourth-order valence-electron chi connectivity index (χ4n) is 2.16. The highest BCUT2D eigenvalue weighted by atomic mass is 16.5. The molecule has 0 aliphatic rings. The van der Waals surface area contributed by atoms with Gasteiger partial charge in [-0.15, -0.1) is 0 Å². The predicted molar refractivity (Wildman–Crippen MR) is 92.9 cm³/mol. The molecule has 0 atom stereocenters. The number of pyridine rings is 1. The van der Waals surface area contributed by atoms with Crippen LogP contribution in [0.4, 0.5) is 5.69 Å². The van der Waals surface area contributed by atoms with E-state index >= 15 is 0 Å². The Bertz CT molecular complexity index is 744. The van der Waals surface area contributed by atoms with Crippen LogP contribution in [0.5, 0.6) is 0 Å². The van der Waals surface area contributed by atoms with E-state index in [1.54, 1.807) is 13.1 Å². The topological polar surface area (TPSA) is 76.8 Å². The van der Waals surface area contributed by atoms with Gasteiger partial charge >= 0.3 is 11.7 Å². The smallest absolute Gasteiger partial charge is 0.405 e. The van der Waals surface area contributed by atoms with Gasteiger partial charge in [-0.25, -0.2) is 4.79 Å². The van der Waals surface area contributed by atoms with E-state index < -0.39 is 12.6 Å². The summed E-state index contributed by atoms with van der Waals surface area (Å²) in [7, 11) is 5.54. The number of benzene rings is 1. The molecular formula is C18H21N3O4. The lowest BCUT2D eigenvalue weighted by Crippen LogP contribution is -2.36. The fraction of sp³-hybridized carbons (Fsp3) is 0.278. The zero-order chi connectivity index (χ0) is 18.4. The zero-order valence-electron chi connectivity index (χ0n) is 14.5. The first-order valence-electron chi connectivity index (χ1n) is 7.74. The van der Waals surface area contributed by atoms with Crippen molar-refractivity contribution in [3.8, 4) is 0 Å². The van der Waals surface area contributed by atoms with Crippen LogP contribution in [0.1, 0.15) is 16.1 Å². The van der Waals surface area contributed by atoms with Crippen LogP contribution in [0, 0.1) is 5.21 Å². The Balaban J connectivity index is 1.88. The molecular weight excluding hydrogens is 322 g/mol. The minimum absolute atomic E-state index is 0.155. The number of amides is 1. The van der Waals surface area contributed by atoms with E-state index in [2.05, 4.69) is 0 Å². The molecule has 7 heteroatoms. The Labute approximate surface area is 146 Å². The van der Waals surface area contributed by atoms with Crippen LogP contribution in [-0.4, -0.2) is 44.5 Å². The van der Waals surface area contributed by atoms with E-state index in [-0.39, 0.29) is 11.6 Å². The van der Waals surface area contributed by atoms with Gasteiger partial charge in [0, 0.05) is 45.5 Å². The van der Waals surface area contributed by atoms with Crippen LogP contribution in [0.25, 0.3) is 0 Å². The minimum Gasteiger partial charge on any atom is -0.618 e. The summed E-state index contributed by atoms with van der Waals surface area (Å²) in [6.07, 6.45) is 1.20. The van der Waals surface area contributed by atoms with Gasteiger partial charge in [-0.3, -0.25) is 4.79 Å². The monoisotopic (exact) mass is 343 g/mol. The van der Waals surface area contributed by atoms with Gasteiger partial charge in [0.05, 0.1) is 0 Å². The first-order valence-corrected chi connectivity index (χ1v) is 7.74. The highest BCUT2D eigenvalue weighted by molar-refractivity contribution is 5.88. The molecule has 1 amide bonds. The molecule has 2 rings (SSSR count). The molecule has 132 valence electrons. The number of likely N-dealkylation sites (N-methyl/N-ethyl adjacent to an activating group) is 1. The summed E-state index contributed by atoms with van der Waals surface area (Å²) < 4.78 is 5.33. The summed E-state index contributed by atoms with van der Waals surface area (Å²) in [6, 6.07) is 12.2. The minimum atomic E-state index is -0.826. The lowest BCUT2D eigenvalue weighted by molar-refractivity contribution is -0.608. The second-order valence-corrected chi connectivity index (χ2v) is 5.80. The molecule has 0 saturated carbocycles. The third kappa shape index (κ3) is 4.94. The van der Waals surface area contributed by atoms with Crippen molar-refractivity contribution in [2.45, 2.75) is 6.54 Å². The van der Waals surface area contributed by atoms with Crippen LogP contribution in [0.3, 0.4) is 0 Å². The summed E-state index contributed by atoms with van der Waals surface area (Å²) in [4.78, 5) is 27.4. The number of carbonyl (C=O) groups excluding carboxylic acids is 2.